The predicted octanol–water partition coefficient (Wildman–Crippen LogP) is 4.70. The Kier molecular flexibility index (Phi) is 6.79. The molecule has 0 bridgehead atoms. The minimum Gasteiger partial charge on any atom is -0.354 e. The summed E-state index contributed by atoms with van der Waals surface area (Å²) in [6, 6.07) is 10.2. The molecule has 7 nitrogen and oxygen atoms in total. The molecule has 1 saturated heterocycles. The van der Waals surface area contributed by atoms with Crippen LogP contribution >= 0.6 is 0 Å². The maximum Gasteiger partial charge on any atom is 0.225 e. The number of para-hydroxylation sites is 1. The molecule has 1 aliphatic heterocycles. The Bertz CT molecular complexity index is 1130. The summed E-state index contributed by atoms with van der Waals surface area (Å²) in [6.07, 6.45) is 8.50. The molecule has 0 radical (unpaired) electrons. The van der Waals surface area contributed by atoms with E-state index in [2.05, 4.69) is 28.9 Å². The van der Waals surface area contributed by atoms with Crippen LogP contribution < -0.4 is 4.90 Å². The van der Waals surface area contributed by atoms with Crippen LogP contribution in [0.3, 0.4) is 0 Å². The third-order valence-electron chi connectivity index (χ3n) is 7.30. The highest BCUT2D eigenvalue weighted by molar-refractivity contribution is 5.91. The Hall–Kier alpha value is -2.96. The van der Waals surface area contributed by atoms with Crippen molar-refractivity contribution in [2.45, 2.75) is 65.2 Å². The molecule has 1 saturated carbocycles. The van der Waals surface area contributed by atoms with E-state index in [-0.39, 0.29) is 5.92 Å². The SMILES string of the molecule is CCCCc1nc(N2CCCN(C(=O)C3CCCC3)CC2)c2c(C)nn(-c3ccccc3)c2n1. The number of hydrogen-bond donors (Lipinski definition) is 0. The van der Waals surface area contributed by atoms with Crippen LogP contribution in [0.5, 0.6) is 0 Å². The standard InChI is InChI=1S/C27H36N6O/c1-3-4-15-23-28-25(24-20(2)30-33(26(24)29-23)22-13-6-5-7-14-22)31-16-10-17-32(19-18-31)27(34)21-11-8-9-12-21/h5-7,13-14,21H,3-4,8-12,15-19H2,1-2H3. The molecule has 34 heavy (non-hydrogen) atoms. The number of aryl methyl sites for hydroxylation is 2. The van der Waals surface area contributed by atoms with Gasteiger partial charge in [-0.25, -0.2) is 14.6 Å². The van der Waals surface area contributed by atoms with Crippen LogP contribution in [0.1, 0.15) is 63.4 Å². The average Bonchev–Trinajstić information content (AvgIpc) is 3.44. The average molecular weight is 461 g/mol. The van der Waals surface area contributed by atoms with Gasteiger partial charge in [-0.05, 0) is 44.7 Å². The second-order valence-electron chi connectivity index (χ2n) is 9.75. The van der Waals surface area contributed by atoms with Crippen LogP contribution in [0.4, 0.5) is 5.82 Å². The first-order valence-corrected chi connectivity index (χ1v) is 13.0. The number of carbonyl (C=O) groups is 1. The summed E-state index contributed by atoms with van der Waals surface area (Å²) in [4.78, 5) is 27.6. The van der Waals surface area contributed by atoms with E-state index in [0.29, 0.717) is 5.91 Å². The molecule has 1 aromatic carbocycles. The fourth-order valence-electron chi connectivity index (χ4n) is 5.41. The third-order valence-corrected chi connectivity index (χ3v) is 7.30. The summed E-state index contributed by atoms with van der Waals surface area (Å²) in [5.41, 5.74) is 2.83. The van der Waals surface area contributed by atoms with Gasteiger partial charge in [-0.1, -0.05) is 44.4 Å². The number of unbranched alkanes of at least 4 members (excludes halogenated alkanes) is 1. The molecule has 180 valence electrons. The second-order valence-corrected chi connectivity index (χ2v) is 9.75. The van der Waals surface area contributed by atoms with Crippen molar-refractivity contribution in [2.75, 3.05) is 31.1 Å². The summed E-state index contributed by atoms with van der Waals surface area (Å²) < 4.78 is 1.96. The maximum atomic E-state index is 13.1. The molecule has 2 aromatic heterocycles. The molecular formula is C27H36N6O. The number of benzene rings is 1. The quantitative estimate of drug-likeness (QED) is 0.534. The van der Waals surface area contributed by atoms with Crippen molar-refractivity contribution in [1.29, 1.82) is 0 Å². The van der Waals surface area contributed by atoms with Gasteiger partial charge in [-0.2, -0.15) is 5.10 Å². The highest BCUT2D eigenvalue weighted by atomic mass is 16.2. The molecule has 0 N–H and O–H groups in total. The lowest BCUT2D eigenvalue weighted by atomic mass is 10.1. The zero-order valence-electron chi connectivity index (χ0n) is 20.5. The number of fused-ring (bicyclic) bond motifs is 1. The van der Waals surface area contributed by atoms with Gasteiger partial charge in [0.05, 0.1) is 16.8 Å². The van der Waals surface area contributed by atoms with Crippen molar-refractivity contribution in [3.8, 4) is 5.69 Å². The molecule has 0 atom stereocenters. The Morgan fingerprint density at radius 3 is 2.56 bits per heavy atom. The van der Waals surface area contributed by atoms with Crippen molar-refractivity contribution in [3.63, 3.8) is 0 Å². The fraction of sp³-hybridized carbons (Fsp3) is 0.556. The molecule has 0 unspecified atom stereocenters. The smallest absolute Gasteiger partial charge is 0.225 e. The maximum absolute atomic E-state index is 13.1. The second kappa shape index (κ2) is 10.1. The van der Waals surface area contributed by atoms with Crippen LogP contribution in [0, 0.1) is 12.8 Å². The lowest BCUT2D eigenvalue weighted by Gasteiger charge is -2.25. The summed E-state index contributed by atoms with van der Waals surface area (Å²) in [5, 5.41) is 5.91. The van der Waals surface area contributed by atoms with E-state index >= 15 is 0 Å². The molecule has 1 aliphatic carbocycles. The first-order valence-electron chi connectivity index (χ1n) is 13.0. The van der Waals surface area contributed by atoms with Crippen LogP contribution in [0.15, 0.2) is 30.3 Å². The zero-order chi connectivity index (χ0) is 23.5. The number of amides is 1. The van der Waals surface area contributed by atoms with E-state index in [1.807, 2.05) is 29.8 Å². The Morgan fingerprint density at radius 1 is 1.00 bits per heavy atom. The molecule has 1 amide bonds. The molecule has 3 heterocycles. The molecule has 7 heteroatoms. The Morgan fingerprint density at radius 2 is 1.79 bits per heavy atom. The van der Waals surface area contributed by atoms with Crippen LogP contribution in [0.2, 0.25) is 0 Å². The summed E-state index contributed by atoms with van der Waals surface area (Å²) >= 11 is 0. The number of anilines is 1. The number of nitrogens with zero attached hydrogens (tertiary/aromatic N) is 6. The van der Waals surface area contributed by atoms with Crippen LogP contribution in [-0.4, -0.2) is 56.7 Å². The largest absolute Gasteiger partial charge is 0.354 e. The van der Waals surface area contributed by atoms with Gasteiger partial charge >= 0.3 is 0 Å². The molecule has 0 spiro atoms. The van der Waals surface area contributed by atoms with Gasteiger partial charge in [0, 0.05) is 38.5 Å². The number of hydrogen-bond acceptors (Lipinski definition) is 5. The normalized spacial score (nSPS) is 17.5. The van der Waals surface area contributed by atoms with Gasteiger partial charge in [0.1, 0.15) is 11.6 Å². The molecule has 2 aliphatic rings. The Balaban J connectivity index is 1.49. The van der Waals surface area contributed by atoms with Gasteiger partial charge in [0.25, 0.3) is 0 Å². The van der Waals surface area contributed by atoms with E-state index < -0.39 is 0 Å². The van der Waals surface area contributed by atoms with Crippen molar-refractivity contribution < 1.29 is 4.79 Å². The topological polar surface area (TPSA) is 67.2 Å². The number of carbonyl (C=O) groups excluding carboxylic acids is 1. The van der Waals surface area contributed by atoms with Crippen molar-refractivity contribution in [2.24, 2.45) is 5.92 Å². The monoisotopic (exact) mass is 460 g/mol. The molecule has 5 rings (SSSR count). The Labute approximate surface area is 202 Å². The van der Waals surface area contributed by atoms with Gasteiger partial charge < -0.3 is 9.80 Å². The van der Waals surface area contributed by atoms with Crippen LogP contribution in [0.25, 0.3) is 16.7 Å². The predicted molar refractivity (Wildman–Crippen MR) is 135 cm³/mol. The summed E-state index contributed by atoms with van der Waals surface area (Å²) in [5.74, 6) is 2.46. The zero-order valence-corrected chi connectivity index (χ0v) is 20.5. The summed E-state index contributed by atoms with van der Waals surface area (Å²) in [7, 11) is 0. The van der Waals surface area contributed by atoms with Crippen molar-refractivity contribution >= 4 is 22.8 Å². The van der Waals surface area contributed by atoms with E-state index in [0.717, 1.165) is 98.8 Å². The molecular weight excluding hydrogens is 424 g/mol. The van der Waals surface area contributed by atoms with Gasteiger partial charge in [0.15, 0.2) is 5.65 Å². The van der Waals surface area contributed by atoms with E-state index in [9.17, 15) is 4.79 Å². The lowest BCUT2D eigenvalue weighted by Crippen LogP contribution is -2.38. The first-order chi connectivity index (χ1) is 16.7. The first kappa shape index (κ1) is 22.8. The molecule has 3 aromatic rings. The highest BCUT2D eigenvalue weighted by Gasteiger charge is 2.29. The van der Waals surface area contributed by atoms with Gasteiger partial charge in [0.2, 0.25) is 5.91 Å². The number of rotatable bonds is 6. The summed E-state index contributed by atoms with van der Waals surface area (Å²) in [6.45, 7) is 7.54. The molecule has 2 fully saturated rings. The highest BCUT2D eigenvalue weighted by Crippen LogP contribution is 2.31. The van der Waals surface area contributed by atoms with Crippen molar-refractivity contribution in [1.82, 2.24) is 24.6 Å². The minimum absolute atomic E-state index is 0.240. The lowest BCUT2D eigenvalue weighted by molar-refractivity contribution is -0.135. The number of aromatic nitrogens is 4. The van der Waals surface area contributed by atoms with E-state index in [4.69, 9.17) is 15.1 Å². The van der Waals surface area contributed by atoms with Gasteiger partial charge in [-0.3, -0.25) is 4.79 Å². The van der Waals surface area contributed by atoms with Gasteiger partial charge in [-0.15, -0.1) is 0 Å². The van der Waals surface area contributed by atoms with E-state index in [1.54, 1.807) is 0 Å². The van der Waals surface area contributed by atoms with E-state index in [1.165, 1.54) is 12.8 Å². The van der Waals surface area contributed by atoms with Crippen LogP contribution in [-0.2, 0) is 11.2 Å². The minimum atomic E-state index is 0.240. The fourth-order valence-corrected chi connectivity index (χ4v) is 5.41. The third kappa shape index (κ3) is 4.52. The van der Waals surface area contributed by atoms with Crippen molar-refractivity contribution in [3.05, 3.63) is 41.9 Å².